The van der Waals surface area contributed by atoms with Gasteiger partial charge in [0.1, 0.15) is 17.4 Å². The van der Waals surface area contributed by atoms with Gasteiger partial charge in [0, 0.05) is 5.69 Å². The Morgan fingerprint density at radius 1 is 0.789 bits per heavy atom. The molecule has 0 aromatic heterocycles. The topological polar surface area (TPSA) is 38.8 Å². The number of rotatable bonds is 10. The van der Waals surface area contributed by atoms with Crippen molar-refractivity contribution in [3.05, 3.63) is 95.6 Å². The molecule has 3 aromatic rings. The number of anilines is 1. The summed E-state index contributed by atoms with van der Waals surface area (Å²) in [6.07, 6.45) is 1.03. The van der Waals surface area contributed by atoms with E-state index in [0.29, 0.717) is 18.5 Å². The third kappa shape index (κ3) is 6.98. The van der Waals surface area contributed by atoms with E-state index in [-0.39, 0.29) is 35.6 Å². The molecule has 1 aliphatic rings. The second-order valence-corrected chi connectivity index (χ2v) is 20.8. The van der Waals surface area contributed by atoms with Crippen LogP contribution in [0.15, 0.2) is 72.8 Å². The second-order valence-electron chi connectivity index (χ2n) is 11.9. The van der Waals surface area contributed by atoms with E-state index in [1.165, 1.54) is 24.3 Å². The molecule has 1 amide bonds. The van der Waals surface area contributed by atoms with Crippen LogP contribution in [0.1, 0.15) is 36.1 Å². The van der Waals surface area contributed by atoms with E-state index >= 15 is 0 Å². The summed E-state index contributed by atoms with van der Waals surface area (Å²) in [6, 6.07) is 20.3. The van der Waals surface area contributed by atoms with Crippen molar-refractivity contribution in [1.29, 1.82) is 0 Å². The van der Waals surface area contributed by atoms with Gasteiger partial charge in [0.2, 0.25) is 14.2 Å². The molecule has 4 rings (SSSR count). The fourth-order valence-corrected chi connectivity index (χ4v) is 6.87. The van der Waals surface area contributed by atoms with Crippen molar-refractivity contribution in [1.82, 2.24) is 0 Å². The summed E-state index contributed by atoms with van der Waals surface area (Å²) in [5.74, 6) is -0.0465. The van der Waals surface area contributed by atoms with Gasteiger partial charge in [0.15, 0.2) is 8.32 Å². The second kappa shape index (κ2) is 11.1. The lowest BCUT2D eigenvalue weighted by Gasteiger charge is -2.48. The number of carbonyl (C=O) groups excluding carboxylic acids is 1. The molecule has 1 heterocycles. The molecule has 0 N–H and O–H groups in total. The Morgan fingerprint density at radius 2 is 1.34 bits per heavy atom. The van der Waals surface area contributed by atoms with Crippen LogP contribution in [0.4, 0.5) is 14.5 Å². The molecular weight excluding hydrogens is 522 g/mol. The van der Waals surface area contributed by atoms with E-state index in [0.717, 1.165) is 16.9 Å². The van der Waals surface area contributed by atoms with Crippen LogP contribution < -0.4 is 9.33 Å². The fraction of sp³-hybridized carbons (Fsp3) is 0.367. The maximum absolute atomic E-state index is 13.6. The van der Waals surface area contributed by atoms with Gasteiger partial charge in [-0.1, -0.05) is 24.3 Å². The van der Waals surface area contributed by atoms with Crippen LogP contribution in [0.3, 0.4) is 0 Å². The summed E-state index contributed by atoms with van der Waals surface area (Å²) in [4.78, 5) is 15.3. The van der Waals surface area contributed by atoms with Crippen LogP contribution in [0.25, 0.3) is 0 Å². The molecular formula is C30H37F2NO3Si2. The number of carbonyl (C=O) groups is 1. The van der Waals surface area contributed by atoms with Gasteiger partial charge in [-0.15, -0.1) is 0 Å². The summed E-state index contributed by atoms with van der Waals surface area (Å²) >= 11 is 0. The maximum Gasteiger partial charge on any atom is 0.242 e. The monoisotopic (exact) mass is 559 g/mol. The first-order valence-corrected chi connectivity index (χ1v) is 19.9. The predicted molar refractivity (Wildman–Crippen MR) is 153 cm³/mol. The van der Waals surface area contributed by atoms with Gasteiger partial charge in [-0.05, 0) is 112 Å². The normalized spacial score (nSPS) is 18.7. The Hall–Kier alpha value is -2.82. The first kappa shape index (κ1) is 28.2. The van der Waals surface area contributed by atoms with Crippen LogP contribution in [-0.2, 0) is 9.22 Å². The van der Waals surface area contributed by atoms with Crippen molar-refractivity contribution in [3.8, 4) is 5.75 Å². The molecule has 0 bridgehead atoms. The van der Waals surface area contributed by atoms with Crippen molar-refractivity contribution in [2.45, 2.75) is 64.3 Å². The zero-order valence-corrected chi connectivity index (χ0v) is 25.0. The van der Waals surface area contributed by atoms with Crippen molar-refractivity contribution >= 4 is 28.2 Å². The number of hydrogen-bond acceptors (Lipinski definition) is 3. The van der Waals surface area contributed by atoms with Crippen LogP contribution in [0, 0.1) is 17.6 Å². The number of β-lactam (4-membered cyclic amide) rings is 1. The van der Waals surface area contributed by atoms with Crippen LogP contribution in [-0.4, -0.2) is 22.5 Å². The van der Waals surface area contributed by atoms with Gasteiger partial charge in [-0.2, -0.15) is 0 Å². The molecule has 38 heavy (non-hydrogen) atoms. The highest BCUT2D eigenvalue weighted by Crippen LogP contribution is 2.47. The fourth-order valence-electron chi connectivity index (χ4n) is 4.92. The number of amides is 1. The van der Waals surface area contributed by atoms with Gasteiger partial charge < -0.3 is 13.8 Å². The third-order valence-electron chi connectivity index (χ3n) is 6.44. The van der Waals surface area contributed by atoms with Gasteiger partial charge in [0.05, 0.1) is 18.1 Å². The molecule has 3 aromatic carbocycles. The van der Waals surface area contributed by atoms with Crippen LogP contribution >= 0.6 is 0 Å². The van der Waals surface area contributed by atoms with E-state index in [1.807, 2.05) is 24.3 Å². The largest absolute Gasteiger partial charge is 0.544 e. The number of nitrogens with zero attached hydrogens (tertiary/aromatic N) is 1. The van der Waals surface area contributed by atoms with Gasteiger partial charge in [0.25, 0.3) is 0 Å². The molecule has 0 saturated carbocycles. The highest BCUT2D eigenvalue weighted by Gasteiger charge is 2.48. The predicted octanol–water partition coefficient (Wildman–Crippen LogP) is 8.26. The van der Waals surface area contributed by atoms with Crippen LogP contribution in [0.5, 0.6) is 5.75 Å². The third-order valence-corrected chi connectivity index (χ3v) is 8.28. The molecule has 1 aliphatic heterocycles. The van der Waals surface area contributed by atoms with E-state index in [2.05, 4.69) is 39.3 Å². The lowest BCUT2D eigenvalue weighted by molar-refractivity contribution is -0.131. The molecule has 4 nitrogen and oxygen atoms in total. The summed E-state index contributed by atoms with van der Waals surface area (Å²) < 4.78 is 39.8. The van der Waals surface area contributed by atoms with Crippen molar-refractivity contribution in [2.24, 2.45) is 5.92 Å². The zero-order valence-electron chi connectivity index (χ0n) is 23.0. The van der Waals surface area contributed by atoms with Crippen molar-refractivity contribution in [2.75, 3.05) is 4.90 Å². The first-order valence-electron chi connectivity index (χ1n) is 13.1. The highest BCUT2D eigenvalue weighted by atomic mass is 28.4. The Bertz CT molecular complexity index is 1240. The summed E-state index contributed by atoms with van der Waals surface area (Å²) in [6.45, 7) is 12.8. The number of hydrogen-bond donors (Lipinski definition) is 0. The average molecular weight is 560 g/mol. The molecule has 202 valence electrons. The SMILES string of the molecule is C[Si](C)(C)O[C@H](CC[C@@H]1C(=O)N(c2ccc(F)cc2)[C@H]1[13c]1[13cH][13cH][13c](O[Si](C)(C)C)[13cH][13cH]1)c1ccc(F)cc1. The maximum atomic E-state index is 13.6. The minimum Gasteiger partial charge on any atom is -0.544 e. The molecule has 0 radical (unpaired) electrons. The van der Waals surface area contributed by atoms with E-state index in [4.69, 9.17) is 8.85 Å². The van der Waals surface area contributed by atoms with Gasteiger partial charge >= 0.3 is 0 Å². The minimum absolute atomic E-state index is 0.00916. The molecule has 8 heteroatoms. The molecule has 0 aliphatic carbocycles. The Balaban J connectivity index is 1.60. The van der Waals surface area contributed by atoms with E-state index in [9.17, 15) is 13.6 Å². The summed E-state index contributed by atoms with van der Waals surface area (Å²) in [5.41, 5.74) is 2.60. The summed E-state index contributed by atoms with van der Waals surface area (Å²) in [5, 5.41) is 0. The summed E-state index contributed by atoms with van der Waals surface area (Å²) in [7, 11) is -3.66. The first-order chi connectivity index (χ1) is 17.8. The average Bonchev–Trinajstić information content (AvgIpc) is 2.82. The molecule has 1 fully saturated rings. The molecule has 3 atom stereocenters. The lowest BCUT2D eigenvalue weighted by atomic mass is 9.84. The van der Waals surface area contributed by atoms with Gasteiger partial charge in [-0.3, -0.25) is 4.79 Å². The Morgan fingerprint density at radius 3 is 1.87 bits per heavy atom. The quantitative estimate of drug-likeness (QED) is 0.185. The molecule has 0 spiro atoms. The smallest absolute Gasteiger partial charge is 0.242 e. The number of benzene rings is 3. The van der Waals surface area contributed by atoms with Crippen molar-refractivity contribution in [3.63, 3.8) is 0 Å². The minimum atomic E-state index is -1.91. The van der Waals surface area contributed by atoms with E-state index < -0.39 is 16.6 Å². The Labute approximate surface area is 226 Å². The zero-order chi connectivity index (χ0) is 27.7. The van der Waals surface area contributed by atoms with Crippen molar-refractivity contribution < 1.29 is 22.4 Å². The standard InChI is InChI=1S/C30H37F2NO3Si2/c1-37(2,3)35-26-17-9-22(10-18-26)29-27(30(34)33(29)25-15-13-24(32)14-16-25)19-20-28(36-38(4,5)6)21-7-11-23(31)12-8-21/h7-18,27-29H,19-20H2,1-6H3/t27-,28+,29-/m0/s1/i9+1,10+1,17+1,18+1,22+1,26+1. The van der Waals surface area contributed by atoms with E-state index in [1.54, 1.807) is 29.2 Å². The molecule has 1 saturated heterocycles. The highest BCUT2D eigenvalue weighted by molar-refractivity contribution is 6.70. The van der Waals surface area contributed by atoms with Gasteiger partial charge in [-0.25, -0.2) is 8.78 Å². The number of halogens is 2. The molecule has 0 unspecified atom stereocenters. The van der Waals surface area contributed by atoms with Crippen LogP contribution in [0.2, 0.25) is 39.3 Å². The lowest BCUT2D eigenvalue weighted by Crippen LogP contribution is -2.55. The Kier molecular flexibility index (Phi) is 8.25.